The second-order valence-electron chi connectivity index (χ2n) is 6.59. The molecule has 0 heterocycles. The van der Waals surface area contributed by atoms with E-state index in [0.29, 0.717) is 5.92 Å². The predicted octanol–water partition coefficient (Wildman–Crippen LogP) is 2.73. The molecule has 0 spiro atoms. The number of rotatable bonds is 2. The Balaban J connectivity index is 2.53. The van der Waals surface area contributed by atoms with E-state index in [1.54, 1.807) is 0 Å². The van der Waals surface area contributed by atoms with Crippen LogP contribution >= 0.6 is 0 Å². The summed E-state index contributed by atoms with van der Waals surface area (Å²) in [5.41, 5.74) is 5.59. The van der Waals surface area contributed by atoms with Crippen LogP contribution in [0.15, 0.2) is 0 Å². The van der Waals surface area contributed by atoms with Gasteiger partial charge >= 0.3 is 5.97 Å². The molecule has 0 aromatic carbocycles. The van der Waals surface area contributed by atoms with E-state index in [1.165, 1.54) is 6.42 Å². The van der Waals surface area contributed by atoms with Gasteiger partial charge in [-0.15, -0.1) is 0 Å². The highest BCUT2D eigenvalue weighted by Crippen LogP contribution is 2.34. The van der Waals surface area contributed by atoms with E-state index in [-0.39, 0.29) is 11.9 Å². The number of nitrogens with two attached hydrogens (primary N) is 1. The van der Waals surface area contributed by atoms with E-state index in [0.717, 1.165) is 18.8 Å². The lowest BCUT2D eigenvalue weighted by Crippen LogP contribution is -2.44. The SMILES string of the molecule is CC1CCC(C(N)C(=O)OC(C)(C)C)CC1C. The molecule has 17 heavy (non-hydrogen) atoms. The minimum atomic E-state index is -0.454. The normalized spacial score (nSPS) is 32.0. The van der Waals surface area contributed by atoms with Gasteiger partial charge in [-0.25, -0.2) is 0 Å². The topological polar surface area (TPSA) is 52.3 Å². The quantitative estimate of drug-likeness (QED) is 0.756. The summed E-state index contributed by atoms with van der Waals surface area (Å²) in [6.45, 7) is 10.2. The van der Waals surface area contributed by atoms with E-state index in [1.807, 2.05) is 20.8 Å². The van der Waals surface area contributed by atoms with Gasteiger partial charge in [0.05, 0.1) is 0 Å². The molecule has 4 atom stereocenters. The van der Waals surface area contributed by atoms with Crippen molar-refractivity contribution in [3.05, 3.63) is 0 Å². The van der Waals surface area contributed by atoms with Gasteiger partial charge in [-0.05, 0) is 51.4 Å². The Morgan fingerprint density at radius 2 is 1.82 bits per heavy atom. The lowest BCUT2D eigenvalue weighted by atomic mass is 9.73. The van der Waals surface area contributed by atoms with Gasteiger partial charge in [0.15, 0.2) is 0 Å². The Labute approximate surface area is 105 Å². The van der Waals surface area contributed by atoms with Gasteiger partial charge in [-0.2, -0.15) is 0 Å². The molecule has 1 rings (SSSR count). The molecule has 0 saturated heterocycles. The minimum Gasteiger partial charge on any atom is -0.459 e. The van der Waals surface area contributed by atoms with Crippen LogP contribution in [-0.4, -0.2) is 17.6 Å². The smallest absolute Gasteiger partial charge is 0.323 e. The van der Waals surface area contributed by atoms with Crippen molar-refractivity contribution >= 4 is 5.97 Å². The number of carbonyl (C=O) groups excluding carboxylic acids is 1. The van der Waals surface area contributed by atoms with Gasteiger partial charge in [0.25, 0.3) is 0 Å². The first-order valence-corrected chi connectivity index (χ1v) is 6.69. The van der Waals surface area contributed by atoms with E-state index in [2.05, 4.69) is 13.8 Å². The summed E-state index contributed by atoms with van der Waals surface area (Å²) < 4.78 is 5.35. The third-order valence-electron chi connectivity index (χ3n) is 3.83. The van der Waals surface area contributed by atoms with Crippen molar-refractivity contribution in [1.82, 2.24) is 0 Å². The number of hydrogen-bond donors (Lipinski definition) is 1. The summed E-state index contributed by atoms with van der Waals surface area (Å²) in [7, 11) is 0. The van der Waals surface area contributed by atoms with E-state index >= 15 is 0 Å². The maximum atomic E-state index is 11.9. The summed E-state index contributed by atoms with van der Waals surface area (Å²) in [6, 6.07) is -0.454. The molecule has 2 N–H and O–H groups in total. The van der Waals surface area contributed by atoms with Crippen molar-refractivity contribution in [2.75, 3.05) is 0 Å². The highest BCUT2D eigenvalue weighted by atomic mass is 16.6. The third-order valence-corrected chi connectivity index (χ3v) is 3.83. The molecule has 1 fully saturated rings. The largest absolute Gasteiger partial charge is 0.459 e. The van der Waals surface area contributed by atoms with Crippen LogP contribution in [0.1, 0.15) is 53.9 Å². The third kappa shape index (κ3) is 4.30. The van der Waals surface area contributed by atoms with Crippen molar-refractivity contribution in [1.29, 1.82) is 0 Å². The Morgan fingerprint density at radius 1 is 1.24 bits per heavy atom. The summed E-state index contributed by atoms with van der Waals surface area (Å²) in [5.74, 6) is 1.44. The first-order chi connectivity index (χ1) is 7.70. The predicted molar refractivity (Wildman–Crippen MR) is 69.5 cm³/mol. The van der Waals surface area contributed by atoms with Gasteiger partial charge in [-0.3, -0.25) is 4.79 Å². The van der Waals surface area contributed by atoms with Gasteiger partial charge < -0.3 is 10.5 Å². The fourth-order valence-corrected chi connectivity index (χ4v) is 2.48. The molecule has 0 aromatic rings. The fraction of sp³-hybridized carbons (Fsp3) is 0.929. The Kier molecular flexibility index (Phi) is 4.59. The molecule has 100 valence electrons. The number of esters is 1. The van der Waals surface area contributed by atoms with Gasteiger partial charge in [0.2, 0.25) is 0 Å². The van der Waals surface area contributed by atoms with Crippen molar-refractivity contribution in [3.63, 3.8) is 0 Å². The molecule has 1 aliphatic rings. The zero-order valence-electron chi connectivity index (χ0n) is 11.8. The molecule has 0 bridgehead atoms. The second kappa shape index (κ2) is 5.38. The monoisotopic (exact) mass is 241 g/mol. The Morgan fingerprint density at radius 3 is 2.29 bits per heavy atom. The Bertz CT molecular complexity index is 270. The van der Waals surface area contributed by atoms with Crippen molar-refractivity contribution < 1.29 is 9.53 Å². The molecule has 0 aliphatic heterocycles. The molecular weight excluding hydrogens is 214 g/mol. The lowest BCUT2D eigenvalue weighted by molar-refractivity contribution is -0.158. The van der Waals surface area contributed by atoms with E-state index in [4.69, 9.17) is 10.5 Å². The summed E-state index contributed by atoms with van der Waals surface area (Å²) in [5, 5.41) is 0. The minimum absolute atomic E-state index is 0.246. The first kappa shape index (κ1) is 14.5. The van der Waals surface area contributed by atoms with Crippen molar-refractivity contribution in [3.8, 4) is 0 Å². The summed E-state index contributed by atoms with van der Waals surface area (Å²) in [4.78, 5) is 11.9. The van der Waals surface area contributed by atoms with Crippen LogP contribution < -0.4 is 5.73 Å². The maximum absolute atomic E-state index is 11.9. The first-order valence-electron chi connectivity index (χ1n) is 6.69. The van der Waals surface area contributed by atoms with E-state index in [9.17, 15) is 4.79 Å². The molecule has 0 aromatic heterocycles. The van der Waals surface area contributed by atoms with Crippen LogP contribution in [0.3, 0.4) is 0 Å². The van der Waals surface area contributed by atoms with Crippen molar-refractivity contribution in [2.45, 2.75) is 65.5 Å². The number of ether oxygens (including phenoxy) is 1. The van der Waals surface area contributed by atoms with Crippen LogP contribution in [0.2, 0.25) is 0 Å². The molecule has 3 heteroatoms. The standard InChI is InChI=1S/C14H27NO2/c1-9-6-7-11(8-10(9)2)12(15)13(16)17-14(3,4)5/h9-12H,6-8,15H2,1-5H3. The average Bonchev–Trinajstić information content (AvgIpc) is 2.18. The van der Waals surface area contributed by atoms with Gasteiger partial charge in [0, 0.05) is 0 Å². The summed E-state index contributed by atoms with van der Waals surface area (Å²) >= 11 is 0. The zero-order chi connectivity index (χ0) is 13.2. The highest BCUT2D eigenvalue weighted by Gasteiger charge is 2.33. The maximum Gasteiger partial charge on any atom is 0.323 e. The number of hydrogen-bond acceptors (Lipinski definition) is 3. The van der Waals surface area contributed by atoms with E-state index < -0.39 is 11.6 Å². The Hall–Kier alpha value is -0.570. The fourth-order valence-electron chi connectivity index (χ4n) is 2.48. The molecule has 1 aliphatic carbocycles. The summed E-state index contributed by atoms with van der Waals surface area (Å²) in [6.07, 6.45) is 3.26. The second-order valence-corrected chi connectivity index (χ2v) is 6.59. The van der Waals surface area contributed by atoms with Crippen molar-refractivity contribution in [2.24, 2.45) is 23.5 Å². The molecule has 4 unspecified atom stereocenters. The molecular formula is C14H27NO2. The zero-order valence-corrected chi connectivity index (χ0v) is 11.8. The lowest BCUT2D eigenvalue weighted by Gasteiger charge is -2.35. The van der Waals surface area contributed by atoms with Crippen LogP contribution in [-0.2, 0) is 9.53 Å². The van der Waals surface area contributed by atoms with Crippen LogP contribution in [0.4, 0.5) is 0 Å². The molecule has 1 saturated carbocycles. The van der Waals surface area contributed by atoms with Crippen LogP contribution in [0.5, 0.6) is 0 Å². The van der Waals surface area contributed by atoms with Crippen LogP contribution in [0.25, 0.3) is 0 Å². The molecule has 0 amide bonds. The number of carbonyl (C=O) groups is 1. The molecule has 3 nitrogen and oxygen atoms in total. The highest BCUT2D eigenvalue weighted by molar-refractivity contribution is 5.76. The molecule has 0 radical (unpaired) electrons. The van der Waals surface area contributed by atoms with Gasteiger partial charge in [-0.1, -0.05) is 20.3 Å². The van der Waals surface area contributed by atoms with Crippen LogP contribution in [0, 0.1) is 17.8 Å². The van der Waals surface area contributed by atoms with Gasteiger partial charge in [0.1, 0.15) is 11.6 Å². The average molecular weight is 241 g/mol.